The fraction of sp³-hybridized carbons (Fsp3) is 0.400. The van der Waals surface area contributed by atoms with Gasteiger partial charge in [0.05, 0.1) is 24.9 Å². The smallest absolute Gasteiger partial charge is 0.225 e. The van der Waals surface area contributed by atoms with E-state index in [0.29, 0.717) is 18.6 Å². The van der Waals surface area contributed by atoms with E-state index >= 15 is 0 Å². The van der Waals surface area contributed by atoms with Crippen LogP contribution in [0.1, 0.15) is 18.4 Å². The lowest BCUT2D eigenvalue weighted by Gasteiger charge is -2.33. The first-order chi connectivity index (χ1) is 13.7. The summed E-state index contributed by atoms with van der Waals surface area (Å²) in [5, 5.41) is 12.7. The number of carbonyl (C=O) groups excluding carboxylic acids is 1. The van der Waals surface area contributed by atoms with Crippen molar-refractivity contribution in [1.29, 1.82) is 0 Å². The number of benzene rings is 1. The lowest BCUT2D eigenvalue weighted by Crippen LogP contribution is -2.47. The molecule has 0 spiro atoms. The van der Waals surface area contributed by atoms with E-state index in [2.05, 4.69) is 30.2 Å². The molecule has 3 heterocycles. The summed E-state index contributed by atoms with van der Waals surface area (Å²) in [4.78, 5) is 30.8. The molecule has 1 saturated heterocycles. The molecule has 1 amide bonds. The normalized spacial score (nSPS) is 18.2. The van der Waals surface area contributed by atoms with Crippen molar-refractivity contribution in [2.24, 2.45) is 5.92 Å². The van der Waals surface area contributed by atoms with Crippen LogP contribution in [0.4, 0.5) is 5.82 Å². The van der Waals surface area contributed by atoms with E-state index in [4.69, 9.17) is 0 Å². The van der Waals surface area contributed by atoms with E-state index in [9.17, 15) is 9.90 Å². The number of aliphatic hydroxyl groups is 1. The molecule has 1 aliphatic heterocycles. The molecule has 4 rings (SSSR count). The minimum absolute atomic E-state index is 0.0189. The molecule has 28 heavy (non-hydrogen) atoms. The third-order valence-electron chi connectivity index (χ3n) is 5.19. The fourth-order valence-corrected chi connectivity index (χ4v) is 3.75. The number of imidazole rings is 1. The number of carbonyl (C=O) groups is 1. The summed E-state index contributed by atoms with van der Waals surface area (Å²) >= 11 is 0. The average Bonchev–Trinajstić information content (AvgIpc) is 3.23. The second-order valence-corrected chi connectivity index (χ2v) is 7.16. The van der Waals surface area contributed by atoms with Gasteiger partial charge in [0.15, 0.2) is 11.5 Å². The Hall–Kier alpha value is -3.00. The monoisotopic (exact) mass is 380 g/mol. The summed E-state index contributed by atoms with van der Waals surface area (Å²) in [5.74, 6) is 0.615. The largest absolute Gasteiger partial charge is 0.394 e. The molecule has 3 N–H and O–H groups in total. The molecule has 0 unspecified atom stereocenters. The molecule has 8 nitrogen and oxygen atoms in total. The lowest BCUT2D eigenvalue weighted by atomic mass is 9.96. The first-order valence-electron chi connectivity index (χ1n) is 9.59. The van der Waals surface area contributed by atoms with Gasteiger partial charge in [-0.15, -0.1) is 0 Å². The molecule has 0 aliphatic carbocycles. The molecule has 2 atom stereocenters. The molecular weight excluding hydrogens is 356 g/mol. The minimum atomic E-state index is -0.288. The Labute approximate surface area is 163 Å². The first kappa shape index (κ1) is 18.4. The number of H-pyrrole nitrogens is 1. The maximum atomic E-state index is 12.8. The summed E-state index contributed by atoms with van der Waals surface area (Å²) in [6.45, 7) is 1.33. The van der Waals surface area contributed by atoms with Gasteiger partial charge >= 0.3 is 0 Å². The molecule has 1 aromatic carbocycles. The Kier molecular flexibility index (Phi) is 5.48. The van der Waals surface area contributed by atoms with Crippen LogP contribution in [0.5, 0.6) is 0 Å². The van der Waals surface area contributed by atoms with Crippen LogP contribution in [0.25, 0.3) is 11.2 Å². The third-order valence-corrected chi connectivity index (χ3v) is 5.19. The predicted molar refractivity (Wildman–Crippen MR) is 106 cm³/mol. The van der Waals surface area contributed by atoms with Crippen LogP contribution in [-0.4, -0.2) is 56.7 Å². The Balaban J connectivity index is 1.42. The standard InChI is InChI=1S/C20H24N6O2/c27-11-16(9-14-5-2-1-3-6-14)25-20(28)15-7-4-8-26(10-15)19-17-18(22-12-21-17)23-13-24-19/h1-3,5-6,12-13,15-16,27H,4,7-11H2,(H,25,28)(H,21,22,23,24)/t15-,16-/m1/s1. The number of aliphatic hydroxyl groups excluding tert-OH is 1. The number of amides is 1. The SMILES string of the molecule is O=C(N[C@@H](CO)Cc1ccccc1)[C@@H]1CCCN(c2ncnc3nc[nH]c23)C1. The Bertz CT molecular complexity index is 929. The zero-order chi connectivity index (χ0) is 19.3. The van der Waals surface area contributed by atoms with Gasteiger partial charge in [0.2, 0.25) is 5.91 Å². The molecule has 3 aromatic rings. The van der Waals surface area contributed by atoms with Crippen LogP contribution in [-0.2, 0) is 11.2 Å². The predicted octanol–water partition coefficient (Wildman–Crippen LogP) is 1.29. The quantitative estimate of drug-likeness (QED) is 0.595. The molecule has 1 fully saturated rings. The number of hydrogen-bond donors (Lipinski definition) is 3. The summed E-state index contributed by atoms with van der Waals surface area (Å²) in [7, 11) is 0. The number of hydrogen-bond acceptors (Lipinski definition) is 6. The van der Waals surface area contributed by atoms with E-state index in [1.807, 2.05) is 30.3 Å². The number of nitrogens with one attached hydrogen (secondary N) is 2. The van der Waals surface area contributed by atoms with Crippen molar-refractivity contribution in [2.45, 2.75) is 25.3 Å². The van der Waals surface area contributed by atoms with Crippen molar-refractivity contribution in [2.75, 3.05) is 24.6 Å². The first-order valence-corrected chi connectivity index (χ1v) is 9.59. The van der Waals surface area contributed by atoms with Crippen molar-refractivity contribution >= 4 is 22.9 Å². The van der Waals surface area contributed by atoms with Crippen LogP contribution in [0, 0.1) is 5.92 Å². The van der Waals surface area contributed by atoms with Gasteiger partial charge in [-0.25, -0.2) is 15.0 Å². The highest BCUT2D eigenvalue weighted by molar-refractivity contribution is 5.84. The average molecular weight is 380 g/mol. The molecular formula is C20H24N6O2. The summed E-state index contributed by atoms with van der Waals surface area (Å²) < 4.78 is 0. The number of anilines is 1. The summed E-state index contributed by atoms with van der Waals surface area (Å²) in [5.41, 5.74) is 2.51. The number of rotatable bonds is 6. The minimum Gasteiger partial charge on any atom is -0.394 e. The highest BCUT2D eigenvalue weighted by atomic mass is 16.3. The zero-order valence-electron chi connectivity index (χ0n) is 15.6. The number of aromatic nitrogens is 4. The van der Waals surface area contributed by atoms with Gasteiger partial charge in [0, 0.05) is 13.1 Å². The second kappa shape index (κ2) is 8.35. The van der Waals surface area contributed by atoms with Crippen molar-refractivity contribution in [1.82, 2.24) is 25.3 Å². The molecule has 0 saturated carbocycles. The van der Waals surface area contributed by atoms with Crippen LogP contribution >= 0.6 is 0 Å². The Morgan fingerprint density at radius 2 is 2.14 bits per heavy atom. The van der Waals surface area contributed by atoms with Crippen LogP contribution in [0.15, 0.2) is 43.0 Å². The van der Waals surface area contributed by atoms with E-state index in [0.717, 1.165) is 36.3 Å². The number of piperidine rings is 1. The molecule has 0 radical (unpaired) electrons. The van der Waals surface area contributed by atoms with Gasteiger partial charge in [0.25, 0.3) is 0 Å². The molecule has 146 valence electrons. The molecule has 1 aliphatic rings. The molecule has 0 bridgehead atoms. The highest BCUT2D eigenvalue weighted by Crippen LogP contribution is 2.25. The molecule has 2 aromatic heterocycles. The maximum absolute atomic E-state index is 12.8. The maximum Gasteiger partial charge on any atom is 0.225 e. The third kappa shape index (κ3) is 3.96. The Morgan fingerprint density at radius 3 is 2.96 bits per heavy atom. The highest BCUT2D eigenvalue weighted by Gasteiger charge is 2.29. The Morgan fingerprint density at radius 1 is 1.29 bits per heavy atom. The van der Waals surface area contributed by atoms with Crippen LogP contribution in [0.2, 0.25) is 0 Å². The van der Waals surface area contributed by atoms with Gasteiger partial charge < -0.3 is 20.3 Å². The summed E-state index contributed by atoms with van der Waals surface area (Å²) in [6, 6.07) is 9.59. The summed E-state index contributed by atoms with van der Waals surface area (Å²) in [6.07, 6.45) is 5.44. The van der Waals surface area contributed by atoms with E-state index in [-0.39, 0.29) is 24.5 Å². The van der Waals surface area contributed by atoms with Gasteiger partial charge in [-0.05, 0) is 24.8 Å². The van der Waals surface area contributed by atoms with Gasteiger partial charge in [-0.2, -0.15) is 0 Å². The number of fused-ring (bicyclic) bond motifs is 1. The van der Waals surface area contributed by atoms with Gasteiger partial charge in [-0.3, -0.25) is 4.79 Å². The lowest BCUT2D eigenvalue weighted by molar-refractivity contribution is -0.126. The second-order valence-electron chi connectivity index (χ2n) is 7.16. The topological polar surface area (TPSA) is 107 Å². The number of aromatic amines is 1. The van der Waals surface area contributed by atoms with Crippen molar-refractivity contribution in [3.63, 3.8) is 0 Å². The van der Waals surface area contributed by atoms with Gasteiger partial charge in [0.1, 0.15) is 11.8 Å². The van der Waals surface area contributed by atoms with E-state index in [1.165, 1.54) is 6.33 Å². The van der Waals surface area contributed by atoms with Crippen molar-refractivity contribution < 1.29 is 9.90 Å². The molecule has 8 heteroatoms. The van der Waals surface area contributed by atoms with Crippen LogP contribution < -0.4 is 10.2 Å². The fourth-order valence-electron chi connectivity index (χ4n) is 3.75. The van der Waals surface area contributed by atoms with Crippen LogP contribution in [0.3, 0.4) is 0 Å². The van der Waals surface area contributed by atoms with Gasteiger partial charge in [-0.1, -0.05) is 30.3 Å². The van der Waals surface area contributed by atoms with E-state index in [1.54, 1.807) is 6.33 Å². The van der Waals surface area contributed by atoms with E-state index < -0.39 is 0 Å². The van der Waals surface area contributed by atoms with Crippen molar-refractivity contribution in [3.05, 3.63) is 48.5 Å². The zero-order valence-corrected chi connectivity index (χ0v) is 15.6. The van der Waals surface area contributed by atoms with Crippen molar-refractivity contribution in [3.8, 4) is 0 Å². The number of nitrogens with zero attached hydrogens (tertiary/aromatic N) is 4.